The molecule has 0 unspecified atom stereocenters. The fraction of sp³-hybridized carbons (Fsp3) is 0.720. The molecule has 0 radical (unpaired) electrons. The van der Waals surface area contributed by atoms with E-state index >= 15 is 0 Å². The van der Waals surface area contributed by atoms with Crippen LogP contribution >= 0.6 is 0 Å². The second-order valence-electron chi connectivity index (χ2n) is 11.0. The topological polar surface area (TPSA) is 56.8 Å². The Kier molecular flexibility index (Phi) is 5.58. The molecule has 1 N–H and O–H groups in total. The second-order valence-corrected chi connectivity index (χ2v) is 11.0. The molecule has 5 fully saturated rings. The van der Waals surface area contributed by atoms with Crippen molar-refractivity contribution in [2.75, 3.05) is 6.61 Å². The van der Waals surface area contributed by atoms with Crippen molar-refractivity contribution in [3.63, 3.8) is 0 Å². The van der Waals surface area contributed by atoms with Crippen molar-refractivity contribution in [3.05, 3.63) is 35.9 Å². The molecule has 1 amide bonds. The van der Waals surface area contributed by atoms with Gasteiger partial charge in [0, 0.05) is 0 Å². The molecule has 1 heterocycles. The van der Waals surface area contributed by atoms with Crippen LogP contribution in [0.25, 0.3) is 0 Å². The number of carbonyl (C=O) groups excluding carboxylic acids is 1. The largest absolute Gasteiger partial charge is 0.482 e. The van der Waals surface area contributed by atoms with Crippen LogP contribution in [0.3, 0.4) is 0 Å². The van der Waals surface area contributed by atoms with Crippen molar-refractivity contribution in [2.45, 2.75) is 83.4 Å². The van der Waals surface area contributed by atoms with Crippen LogP contribution in [0, 0.1) is 23.2 Å². The molecule has 31 heavy (non-hydrogen) atoms. The Labute approximate surface area is 186 Å². The second kappa shape index (κ2) is 8.11. The third-order valence-corrected chi connectivity index (χ3v) is 8.82. The molecule has 1 aliphatic heterocycles. The predicted molar refractivity (Wildman–Crippen MR) is 120 cm³/mol. The zero-order chi connectivity index (χ0) is 21.6. The number of rotatable bonds is 6. The number of hydrogen-bond acceptors (Lipinski definition) is 4. The predicted octanol–water partition coefficient (Wildman–Crippen LogP) is 4.78. The lowest BCUT2D eigenvalue weighted by Gasteiger charge is -2.64. The Balaban J connectivity index is 1.28. The minimum Gasteiger partial charge on any atom is -0.449 e. The molecule has 5 aliphatic rings. The van der Waals surface area contributed by atoms with E-state index in [1.165, 1.54) is 19.3 Å². The van der Waals surface area contributed by atoms with Gasteiger partial charge in [0.25, 0.3) is 0 Å². The van der Waals surface area contributed by atoms with Gasteiger partial charge in [-0.2, -0.15) is 0 Å². The quantitative estimate of drug-likeness (QED) is 0.667. The van der Waals surface area contributed by atoms with Gasteiger partial charge in [-0.05, 0) is 67.8 Å². The molecule has 2 bridgehead atoms. The van der Waals surface area contributed by atoms with Crippen molar-refractivity contribution in [2.24, 2.45) is 23.2 Å². The third-order valence-electron chi connectivity index (χ3n) is 8.82. The molecule has 1 saturated heterocycles. The summed E-state index contributed by atoms with van der Waals surface area (Å²) in [6.45, 7) is 7.46. The molecule has 168 valence electrons. The Morgan fingerprint density at radius 1 is 1.19 bits per heavy atom. The van der Waals surface area contributed by atoms with Crippen LogP contribution in [0.2, 0.25) is 0 Å². The number of ether oxygens (including phenoxy) is 1. The number of hydrogen-bond donors (Lipinski definition) is 1. The van der Waals surface area contributed by atoms with Crippen molar-refractivity contribution >= 4 is 13.2 Å². The van der Waals surface area contributed by atoms with Crippen molar-refractivity contribution < 1.29 is 18.8 Å². The highest BCUT2D eigenvalue weighted by atomic mass is 16.7. The number of benzene rings is 1. The molecule has 5 nitrogen and oxygen atoms in total. The first-order valence-electron chi connectivity index (χ1n) is 12.2. The van der Waals surface area contributed by atoms with Gasteiger partial charge < -0.3 is 19.4 Å². The molecule has 6 heteroatoms. The minimum absolute atomic E-state index is 0.101. The summed E-state index contributed by atoms with van der Waals surface area (Å²) >= 11 is 0. The Bertz CT molecular complexity index is 796. The maximum atomic E-state index is 12.7. The molecular formula is C25H36BNO4. The summed E-state index contributed by atoms with van der Waals surface area (Å²) in [7, 11) is -0.454. The third kappa shape index (κ3) is 3.91. The molecule has 1 aromatic carbocycles. The lowest BCUT2D eigenvalue weighted by Crippen LogP contribution is -2.65. The maximum absolute atomic E-state index is 12.7. The molecule has 0 spiro atoms. The van der Waals surface area contributed by atoms with Crippen LogP contribution in [-0.2, 0) is 20.5 Å². The molecule has 4 aliphatic carbocycles. The van der Waals surface area contributed by atoms with E-state index in [0.717, 1.165) is 24.8 Å². The Hall–Kier alpha value is -1.53. The number of alkyl carbamates (subject to hydrolysis) is 1. The lowest BCUT2D eigenvalue weighted by molar-refractivity contribution is -0.199. The first-order chi connectivity index (χ1) is 14.9. The van der Waals surface area contributed by atoms with Crippen LogP contribution in [0.1, 0.15) is 64.9 Å². The SMILES string of the molecule is CC1(C)[C@@H]2C[C@H]3OB([C@H](Cc4ccccc4)NC(=O)OCC4CCCC4)O[C@@]3(C)[C@H]1C2. The lowest BCUT2D eigenvalue weighted by atomic mass is 9.43. The Morgan fingerprint density at radius 3 is 2.65 bits per heavy atom. The first kappa shape index (κ1) is 21.3. The maximum Gasteiger partial charge on any atom is 0.482 e. The van der Waals surface area contributed by atoms with E-state index < -0.39 is 7.12 Å². The van der Waals surface area contributed by atoms with Crippen molar-refractivity contribution in [1.29, 1.82) is 0 Å². The van der Waals surface area contributed by atoms with Gasteiger partial charge >= 0.3 is 13.2 Å². The molecule has 6 rings (SSSR count). The summed E-state index contributed by atoms with van der Waals surface area (Å²) in [6, 6.07) is 10.2. The number of carbonyl (C=O) groups is 1. The summed E-state index contributed by atoms with van der Waals surface area (Å²) in [5.41, 5.74) is 1.17. The van der Waals surface area contributed by atoms with Gasteiger partial charge in [-0.1, -0.05) is 57.0 Å². The van der Waals surface area contributed by atoms with E-state index in [2.05, 4.69) is 38.2 Å². The smallest absolute Gasteiger partial charge is 0.449 e. The van der Waals surface area contributed by atoms with E-state index in [4.69, 9.17) is 14.0 Å². The van der Waals surface area contributed by atoms with Crippen LogP contribution in [0.15, 0.2) is 30.3 Å². The highest BCUT2D eigenvalue weighted by Crippen LogP contribution is 2.65. The van der Waals surface area contributed by atoms with Gasteiger partial charge in [0.1, 0.15) is 0 Å². The van der Waals surface area contributed by atoms with Crippen LogP contribution in [0.4, 0.5) is 4.79 Å². The van der Waals surface area contributed by atoms with Crippen molar-refractivity contribution in [1.82, 2.24) is 5.32 Å². The van der Waals surface area contributed by atoms with Gasteiger partial charge in [0.2, 0.25) is 0 Å². The summed E-state index contributed by atoms with van der Waals surface area (Å²) in [5.74, 6) is 1.43. The minimum atomic E-state index is -0.454. The summed E-state index contributed by atoms with van der Waals surface area (Å²) in [6.07, 6.45) is 7.47. The summed E-state index contributed by atoms with van der Waals surface area (Å²) in [5, 5.41) is 3.10. The van der Waals surface area contributed by atoms with Gasteiger partial charge in [-0.15, -0.1) is 0 Å². The monoisotopic (exact) mass is 425 g/mol. The first-order valence-corrected chi connectivity index (χ1v) is 12.2. The number of amides is 1. The fourth-order valence-corrected chi connectivity index (χ4v) is 6.72. The van der Waals surface area contributed by atoms with E-state index in [1.807, 2.05) is 18.2 Å². The van der Waals surface area contributed by atoms with Gasteiger partial charge in [0.15, 0.2) is 0 Å². The van der Waals surface area contributed by atoms with E-state index in [1.54, 1.807) is 0 Å². The molecule has 0 aromatic heterocycles. The highest BCUT2D eigenvalue weighted by Gasteiger charge is 2.68. The van der Waals surface area contributed by atoms with E-state index in [9.17, 15) is 4.79 Å². The van der Waals surface area contributed by atoms with E-state index in [0.29, 0.717) is 36.2 Å². The molecule has 1 aromatic rings. The van der Waals surface area contributed by atoms with Crippen LogP contribution < -0.4 is 5.32 Å². The van der Waals surface area contributed by atoms with Crippen LogP contribution in [0.5, 0.6) is 0 Å². The fourth-order valence-electron chi connectivity index (χ4n) is 6.72. The van der Waals surface area contributed by atoms with Gasteiger partial charge in [0.05, 0.1) is 24.3 Å². The average molecular weight is 425 g/mol. The zero-order valence-electron chi connectivity index (χ0n) is 19.1. The summed E-state index contributed by atoms with van der Waals surface area (Å²) < 4.78 is 18.7. The van der Waals surface area contributed by atoms with Crippen molar-refractivity contribution in [3.8, 4) is 0 Å². The van der Waals surface area contributed by atoms with Crippen LogP contribution in [-0.4, -0.2) is 37.5 Å². The zero-order valence-corrected chi connectivity index (χ0v) is 19.1. The molecular weight excluding hydrogens is 389 g/mol. The summed E-state index contributed by atoms with van der Waals surface area (Å²) in [4.78, 5) is 12.7. The van der Waals surface area contributed by atoms with E-state index in [-0.39, 0.29) is 23.7 Å². The molecule has 4 saturated carbocycles. The normalized spacial score (nSPS) is 34.7. The molecule has 5 atom stereocenters. The highest BCUT2D eigenvalue weighted by molar-refractivity contribution is 6.47. The average Bonchev–Trinajstić information content (AvgIpc) is 3.39. The Morgan fingerprint density at radius 2 is 1.94 bits per heavy atom. The van der Waals surface area contributed by atoms with Gasteiger partial charge in [-0.3, -0.25) is 0 Å². The number of nitrogens with one attached hydrogen (secondary N) is 1. The standard InChI is InChI=1S/C25H36BNO4/c1-24(2)19-14-20(24)25(3)21(15-19)30-26(31-25)22(13-17-9-5-4-6-10-17)27-23(28)29-16-18-11-7-8-12-18/h4-6,9-10,18-22H,7-8,11-16H2,1-3H3,(H,27,28)/t19-,20-,21+,22-,25-/m0/s1. The van der Waals surface area contributed by atoms with Gasteiger partial charge in [-0.25, -0.2) is 4.79 Å².